The van der Waals surface area contributed by atoms with E-state index in [2.05, 4.69) is 31.7 Å². The largest absolute Gasteiger partial charge is 0.508 e. The van der Waals surface area contributed by atoms with Crippen LogP contribution in [0.25, 0.3) is 0 Å². The average molecular weight is 343 g/mol. The fraction of sp³-hybridized carbons (Fsp3) is 0.364. The Hall–Kier alpha value is -1.73. The number of allylic oxidation sites excluding steroid dienone is 1. The number of aromatic hydroxyl groups is 1. The summed E-state index contributed by atoms with van der Waals surface area (Å²) in [5, 5.41) is 11.1. The predicted octanol–water partition coefficient (Wildman–Crippen LogP) is 6.49. The molecule has 2 heteroatoms. The van der Waals surface area contributed by atoms with E-state index in [1.165, 1.54) is 30.4 Å². The highest BCUT2D eigenvalue weighted by molar-refractivity contribution is 6.30. The van der Waals surface area contributed by atoms with Crippen LogP contribution in [0, 0.1) is 0 Å². The van der Waals surface area contributed by atoms with Crippen LogP contribution in [0.5, 0.6) is 5.75 Å². The van der Waals surface area contributed by atoms with Gasteiger partial charge in [-0.2, -0.15) is 0 Å². The zero-order valence-corrected chi connectivity index (χ0v) is 15.3. The minimum absolute atomic E-state index is 0.420. The molecule has 2 rings (SSSR count). The normalized spacial score (nSPS) is 10.8. The second-order valence-corrected chi connectivity index (χ2v) is 6.79. The standard InChI is InChI=1S/C22H27ClO/c1-3-5-6-7-9-19-15-20(18(8-4-2)16-22(19)24)14-17-10-12-21(23)13-11-17/h4,10-13,15-16,24H,2-3,5-9,14H2,1H3. The van der Waals surface area contributed by atoms with E-state index in [0.717, 1.165) is 41.8 Å². The number of hydrogen-bond acceptors (Lipinski definition) is 1. The Bertz CT molecular complexity index is 658. The summed E-state index contributed by atoms with van der Waals surface area (Å²) < 4.78 is 0. The predicted molar refractivity (Wildman–Crippen MR) is 104 cm³/mol. The van der Waals surface area contributed by atoms with E-state index in [4.69, 9.17) is 11.6 Å². The second kappa shape index (κ2) is 9.54. The Morgan fingerprint density at radius 3 is 2.42 bits per heavy atom. The van der Waals surface area contributed by atoms with Gasteiger partial charge in [0.15, 0.2) is 0 Å². The van der Waals surface area contributed by atoms with E-state index >= 15 is 0 Å². The van der Waals surface area contributed by atoms with Gasteiger partial charge < -0.3 is 5.11 Å². The molecule has 24 heavy (non-hydrogen) atoms. The van der Waals surface area contributed by atoms with E-state index in [-0.39, 0.29) is 0 Å². The van der Waals surface area contributed by atoms with E-state index in [1.807, 2.05) is 24.3 Å². The molecule has 0 aliphatic carbocycles. The fourth-order valence-corrected chi connectivity index (χ4v) is 3.13. The zero-order valence-electron chi connectivity index (χ0n) is 14.5. The summed E-state index contributed by atoms with van der Waals surface area (Å²) in [6, 6.07) is 12.1. The number of phenols is 1. The molecule has 0 aliphatic rings. The molecule has 0 aliphatic heterocycles. The Morgan fingerprint density at radius 1 is 1.00 bits per heavy atom. The second-order valence-electron chi connectivity index (χ2n) is 6.36. The number of halogens is 1. The van der Waals surface area contributed by atoms with Crippen molar-refractivity contribution in [3.05, 3.63) is 76.3 Å². The van der Waals surface area contributed by atoms with Gasteiger partial charge in [-0.05, 0) is 66.1 Å². The van der Waals surface area contributed by atoms with Crippen LogP contribution in [-0.2, 0) is 19.3 Å². The van der Waals surface area contributed by atoms with Gasteiger partial charge in [0.25, 0.3) is 0 Å². The Labute approximate surface area is 151 Å². The summed E-state index contributed by atoms with van der Waals surface area (Å²) in [5.41, 5.74) is 4.70. The van der Waals surface area contributed by atoms with Gasteiger partial charge in [-0.1, -0.05) is 62.1 Å². The molecule has 1 nitrogen and oxygen atoms in total. The van der Waals surface area contributed by atoms with Crippen LogP contribution in [0.2, 0.25) is 5.02 Å². The van der Waals surface area contributed by atoms with E-state index in [1.54, 1.807) is 0 Å². The monoisotopic (exact) mass is 342 g/mol. The molecule has 0 atom stereocenters. The fourth-order valence-electron chi connectivity index (χ4n) is 3.00. The Kier molecular flexibility index (Phi) is 7.39. The van der Waals surface area contributed by atoms with Crippen molar-refractivity contribution < 1.29 is 5.11 Å². The van der Waals surface area contributed by atoms with Crippen LogP contribution in [0.1, 0.15) is 54.9 Å². The third kappa shape index (κ3) is 5.42. The smallest absolute Gasteiger partial charge is 0.119 e. The summed E-state index contributed by atoms with van der Waals surface area (Å²) in [4.78, 5) is 0. The lowest BCUT2D eigenvalue weighted by molar-refractivity contribution is 0.465. The van der Waals surface area contributed by atoms with Gasteiger partial charge in [0.05, 0.1) is 0 Å². The first-order valence-corrected chi connectivity index (χ1v) is 9.20. The van der Waals surface area contributed by atoms with Crippen molar-refractivity contribution in [2.45, 2.75) is 51.9 Å². The average Bonchev–Trinajstić information content (AvgIpc) is 2.57. The third-order valence-electron chi connectivity index (χ3n) is 4.37. The first-order valence-electron chi connectivity index (χ1n) is 8.83. The van der Waals surface area contributed by atoms with Crippen LogP contribution in [0.15, 0.2) is 49.1 Å². The van der Waals surface area contributed by atoms with Crippen molar-refractivity contribution >= 4 is 11.6 Å². The summed E-state index contributed by atoms with van der Waals surface area (Å²) in [6.07, 6.45) is 9.28. The molecule has 2 aromatic rings. The minimum atomic E-state index is 0.420. The highest BCUT2D eigenvalue weighted by atomic mass is 35.5. The van der Waals surface area contributed by atoms with Crippen molar-refractivity contribution in [3.63, 3.8) is 0 Å². The van der Waals surface area contributed by atoms with Gasteiger partial charge >= 0.3 is 0 Å². The van der Waals surface area contributed by atoms with Crippen molar-refractivity contribution in [3.8, 4) is 5.75 Å². The number of unbranched alkanes of at least 4 members (excludes halogenated alkanes) is 3. The first kappa shape index (κ1) is 18.6. The van der Waals surface area contributed by atoms with Crippen molar-refractivity contribution in [2.75, 3.05) is 0 Å². The molecule has 1 N–H and O–H groups in total. The minimum Gasteiger partial charge on any atom is -0.508 e. The van der Waals surface area contributed by atoms with Gasteiger partial charge in [-0.25, -0.2) is 0 Å². The lowest BCUT2D eigenvalue weighted by Crippen LogP contribution is -1.98. The number of phenolic OH excluding ortho intramolecular Hbond substituents is 1. The van der Waals surface area contributed by atoms with E-state index in [9.17, 15) is 5.11 Å². The lowest BCUT2D eigenvalue weighted by Gasteiger charge is -2.13. The first-order chi connectivity index (χ1) is 11.6. The molecule has 0 saturated heterocycles. The summed E-state index contributed by atoms with van der Waals surface area (Å²) >= 11 is 5.98. The molecule has 128 valence electrons. The van der Waals surface area contributed by atoms with Crippen LogP contribution in [0.3, 0.4) is 0 Å². The van der Waals surface area contributed by atoms with Crippen LogP contribution < -0.4 is 0 Å². The quantitative estimate of drug-likeness (QED) is 0.408. The maximum atomic E-state index is 10.3. The number of aryl methyl sites for hydroxylation is 1. The summed E-state index contributed by atoms with van der Waals surface area (Å²) in [7, 11) is 0. The van der Waals surface area contributed by atoms with Crippen molar-refractivity contribution in [1.29, 1.82) is 0 Å². The van der Waals surface area contributed by atoms with Crippen LogP contribution in [-0.4, -0.2) is 5.11 Å². The van der Waals surface area contributed by atoms with Gasteiger partial charge in [0.1, 0.15) is 5.75 Å². The highest BCUT2D eigenvalue weighted by Crippen LogP contribution is 2.27. The summed E-state index contributed by atoms with van der Waals surface area (Å²) in [5.74, 6) is 0.420. The Balaban J connectivity index is 2.21. The van der Waals surface area contributed by atoms with Crippen LogP contribution in [0.4, 0.5) is 0 Å². The summed E-state index contributed by atoms with van der Waals surface area (Å²) in [6.45, 7) is 6.05. The third-order valence-corrected chi connectivity index (χ3v) is 4.62. The van der Waals surface area contributed by atoms with Gasteiger partial charge in [0.2, 0.25) is 0 Å². The molecule has 0 radical (unpaired) electrons. The molecular formula is C22H27ClO. The zero-order chi connectivity index (χ0) is 17.4. The lowest BCUT2D eigenvalue weighted by atomic mass is 9.93. The number of hydrogen-bond donors (Lipinski definition) is 1. The van der Waals surface area contributed by atoms with Crippen molar-refractivity contribution in [2.24, 2.45) is 0 Å². The maximum Gasteiger partial charge on any atom is 0.119 e. The van der Waals surface area contributed by atoms with Gasteiger partial charge in [-0.15, -0.1) is 6.58 Å². The topological polar surface area (TPSA) is 20.2 Å². The van der Waals surface area contributed by atoms with E-state index < -0.39 is 0 Å². The van der Waals surface area contributed by atoms with Crippen LogP contribution >= 0.6 is 11.6 Å². The Morgan fingerprint density at radius 2 is 1.75 bits per heavy atom. The SMILES string of the molecule is C=CCc1cc(O)c(CCCCCC)cc1Cc1ccc(Cl)cc1. The molecule has 0 saturated carbocycles. The maximum absolute atomic E-state index is 10.3. The molecule has 2 aromatic carbocycles. The van der Waals surface area contributed by atoms with Gasteiger partial charge in [-0.3, -0.25) is 0 Å². The molecule has 0 bridgehead atoms. The molecule has 0 aromatic heterocycles. The molecular weight excluding hydrogens is 316 g/mol. The number of rotatable bonds is 9. The molecule has 0 unspecified atom stereocenters. The molecule has 0 spiro atoms. The molecule has 0 amide bonds. The molecule has 0 fully saturated rings. The van der Waals surface area contributed by atoms with Crippen molar-refractivity contribution in [1.82, 2.24) is 0 Å². The number of benzene rings is 2. The van der Waals surface area contributed by atoms with Gasteiger partial charge in [0, 0.05) is 5.02 Å². The molecule has 0 heterocycles. The highest BCUT2D eigenvalue weighted by Gasteiger charge is 2.10. The van der Waals surface area contributed by atoms with E-state index in [0.29, 0.717) is 5.75 Å².